The van der Waals surface area contributed by atoms with Crippen LogP contribution < -0.4 is 11.1 Å². The monoisotopic (exact) mass is 208 g/mol. The van der Waals surface area contributed by atoms with Crippen LogP contribution in [0.3, 0.4) is 0 Å². The zero-order chi connectivity index (χ0) is 10.7. The third kappa shape index (κ3) is 2.38. The molecule has 0 spiro atoms. The van der Waals surface area contributed by atoms with Crippen LogP contribution in [-0.2, 0) is 0 Å². The average Bonchev–Trinajstić information content (AvgIpc) is 2.78. The zero-order valence-corrected chi connectivity index (χ0v) is 9.32. The molecule has 1 aliphatic rings. The number of hydrogen-bond acceptors (Lipinski definition) is 3. The molecule has 1 aliphatic heterocycles. The van der Waals surface area contributed by atoms with E-state index in [1.54, 1.807) is 0 Å². The topological polar surface area (TPSA) is 55.9 Å². The number of rotatable bonds is 3. The number of nitrogens with zero attached hydrogens (tertiary/aromatic N) is 2. The van der Waals surface area contributed by atoms with Crippen LogP contribution in [0.4, 0.5) is 0 Å². The molecule has 1 aromatic rings. The summed E-state index contributed by atoms with van der Waals surface area (Å²) in [6.45, 7) is 5.04. The lowest BCUT2D eigenvalue weighted by atomic mass is 10.1. The van der Waals surface area contributed by atoms with Crippen molar-refractivity contribution in [2.75, 3.05) is 19.6 Å². The Kier molecular flexibility index (Phi) is 3.38. The minimum atomic E-state index is 0.417. The molecular formula is C11H20N4. The quantitative estimate of drug-likeness (QED) is 0.775. The van der Waals surface area contributed by atoms with Gasteiger partial charge in [-0.2, -0.15) is 5.10 Å². The molecule has 4 nitrogen and oxygen atoms in total. The van der Waals surface area contributed by atoms with E-state index in [4.69, 9.17) is 5.73 Å². The van der Waals surface area contributed by atoms with Crippen molar-refractivity contribution in [2.45, 2.75) is 31.7 Å². The highest BCUT2D eigenvalue weighted by atomic mass is 15.3. The molecule has 1 atom stereocenters. The van der Waals surface area contributed by atoms with Gasteiger partial charge in [0.1, 0.15) is 0 Å². The van der Waals surface area contributed by atoms with Crippen molar-refractivity contribution in [1.82, 2.24) is 15.1 Å². The molecule has 15 heavy (non-hydrogen) atoms. The molecule has 2 heterocycles. The van der Waals surface area contributed by atoms with E-state index in [1.165, 1.54) is 18.4 Å². The minimum absolute atomic E-state index is 0.417. The van der Waals surface area contributed by atoms with Crippen LogP contribution in [0.25, 0.3) is 0 Å². The van der Waals surface area contributed by atoms with Crippen LogP contribution in [0.5, 0.6) is 0 Å². The van der Waals surface area contributed by atoms with Crippen molar-refractivity contribution in [1.29, 1.82) is 0 Å². The van der Waals surface area contributed by atoms with Crippen LogP contribution in [0.2, 0.25) is 0 Å². The van der Waals surface area contributed by atoms with E-state index in [2.05, 4.69) is 28.2 Å². The van der Waals surface area contributed by atoms with Gasteiger partial charge in [0, 0.05) is 6.20 Å². The maximum absolute atomic E-state index is 5.64. The van der Waals surface area contributed by atoms with Crippen LogP contribution in [0.15, 0.2) is 12.4 Å². The predicted octanol–water partition coefficient (Wildman–Crippen LogP) is 0.870. The van der Waals surface area contributed by atoms with Gasteiger partial charge in [-0.1, -0.05) is 6.92 Å². The summed E-state index contributed by atoms with van der Waals surface area (Å²) in [6, 6.07) is 0.574. The SMILES string of the molecule is CC(CN)c1cnn(C2CCNCC2)c1. The molecular weight excluding hydrogens is 188 g/mol. The van der Waals surface area contributed by atoms with Crippen molar-refractivity contribution >= 4 is 0 Å². The van der Waals surface area contributed by atoms with Crippen molar-refractivity contribution in [3.05, 3.63) is 18.0 Å². The molecule has 3 N–H and O–H groups in total. The lowest BCUT2D eigenvalue weighted by Gasteiger charge is -2.22. The molecule has 1 aromatic heterocycles. The summed E-state index contributed by atoms with van der Waals surface area (Å²) in [5, 5.41) is 7.81. The number of nitrogens with two attached hydrogens (primary N) is 1. The predicted molar refractivity (Wildman–Crippen MR) is 60.8 cm³/mol. The third-order valence-electron chi connectivity index (χ3n) is 3.23. The maximum Gasteiger partial charge on any atom is 0.0543 e. The summed E-state index contributed by atoms with van der Waals surface area (Å²) in [6.07, 6.45) is 6.48. The summed E-state index contributed by atoms with van der Waals surface area (Å²) in [5.41, 5.74) is 6.90. The van der Waals surface area contributed by atoms with Crippen molar-refractivity contribution in [3.8, 4) is 0 Å². The fraction of sp³-hybridized carbons (Fsp3) is 0.727. The summed E-state index contributed by atoms with van der Waals surface area (Å²) in [7, 11) is 0. The number of aromatic nitrogens is 2. The van der Waals surface area contributed by atoms with E-state index in [0.717, 1.165) is 13.1 Å². The van der Waals surface area contributed by atoms with Gasteiger partial charge in [0.05, 0.1) is 12.2 Å². The standard InChI is InChI=1S/C11H20N4/c1-9(6-12)10-7-14-15(8-10)11-2-4-13-5-3-11/h7-9,11,13H,2-6,12H2,1H3. The number of piperidine rings is 1. The molecule has 4 heteroatoms. The molecule has 0 bridgehead atoms. The Morgan fingerprint density at radius 3 is 3.00 bits per heavy atom. The van der Waals surface area contributed by atoms with Crippen LogP contribution in [0, 0.1) is 0 Å². The van der Waals surface area contributed by atoms with Crippen LogP contribution >= 0.6 is 0 Å². The van der Waals surface area contributed by atoms with Crippen molar-refractivity contribution < 1.29 is 0 Å². The van der Waals surface area contributed by atoms with Gasteiger partial charge in [0.25, 0.3) is 0 Å². The van der Waals surface area contributed by atoms with Gasteiger partial charge in [0.2, 0.25) is 0 Å². The minimum Gasteiger partial charge on any atom is -0.330 e. The van der Waals surface area contributed by atoms with Gasteiger partial charge in [-0.3, -0.25) is 4.68 Å². The third-order valence-corrected chi connectivity index (χ3v) is 3.23. The van der Waals surface area contributed by atoms with Crippen LogP contribution in [-0.4, -0.2) is 29.4 Å². The Morgan fingerprint density at radius 1 is 1.60 bits per heavy atom. The van der Waals surface area contributed by atoms with Crippen LogP contribution in [0.1, 0.15) is 37.3 Å². The first-order valence-corrected chi connectivity index (χ1v) is 5.76. The highest BCUT2D eigenvalue weighted by Gasteiger charge is 2.16. The zero-order valence-electron chi connectivity index (χ0n) is 9.32. The molecule has 0 amide bonds. The van der Waals surface area contributed by atoms with Gasteiger partial charge < -0.3 is 11.1 Å². The lowest BCUT2D eigenvalue weighted by Crippen LogP contribution is -2.29. The Morgan fingerprint density at radius 2 is 2.33 bits per heavy atom. The first-order valence-electron chi connectivity index (χ1n) is 5.76. The highest BCUT2D eigenvalue weighted by molar-refractivity contribution is 5.11. The molecule has 84 valence electrons. The molecule has 0 aliphatic carbocycles. The fourth-order valence-electron chi connectivity index (χ4n) is 2.01. The summed E-state index contributed by atoms with van der Waals surface area (Å²) >= 11 is 0. The van der Waals surface area contributed by atoms with Crippen molar-refractivity contribution in [3.63, 3.8) is 0 Å². The number of nitrogens with one attached hydrogen (secondary N) is 1. The smallest absolute Gasteiger partial charge is 0.0543 e. The Hall–Kier alpha value is -0.870. The fourth-order valence-corrected chi connectivity index (χ4v) is 2.01. The average molecular weight is 208 g/mol. The van der Waals surface area contributed by atoms with E-state index in [1.807, 2.05) is 6.20 Å². The Bertz CT molecular complexity index is 301. The van der Waals surface area contributed by atoms with Gasteiger partial charge in [-0.05, 0) is 44.0 Å². The van der Waals surface area contributed by atoms with Gasteiger partial charge in [0.15, 0.2) is 0 Å². The highest BCUT2D eigenvalue weighted by Crippen LogP contribution is 2.20. The molecule has 1 fully saturated rings. The van der Waals surface area contributed by atoms with Gasteiger partial charge in [-0.15, -0.1) is 0 Å². The van der Waals surface area contributed by atoms with Gasteiger partial charge in [-0.25, -0.2) is 0 Å². The number of hydrogen-bond donors (Lipinski definition) is 2. The summed E-state index contributed by atoms with van der Waals surface area (Å²) < 4.78 is 2.11. The molecule has 2 rings (SSSR count). The second kappa shape index (κ2) is 4.77. The van der Waals surface area contributed by atoms with Gasteiger partial charge >= 0.3 is 0 Å². The second-order valence-corrected chi connectivity index (χ2v) is 4.37. The van der Waals surface area contributed by atoms with Crippen molar-refractivity contribution in [2.24, 2.45) is 5.73 Å². The Balaban J connectivity index is 2.05. The van der Waals surface area contributed by atoms with E-state index in [-0.39, 0.29) is 0 Å². The molecule has 1 saturated heterocycles. The van der Waals surface area contributed by atoms with E-state index >= 15 is 0 Å². The van der Waals surface area contributed by atoms with E-state index in [0.29, 0.717) is 18.5 Å². The second-order valence-electron chi connectivity index (χ2n) is 4.37. The molecule has 0 radical (unpaired) electrons. The molecule has 0 saturated carbocycles. The first-order chi connectivity index (χ1) is 7.31. The largest absolute Gasteiger partial charge is 0.330 e. The summed E-state index contributed by atoms with van der Waals surface area (Å²) in [5.74, 6) is 0.417. The Labute approximate surface area is 90.8 Å². The lowest BCUT2D eigenvalue weighted by molar-refractivity contribution is 0.343. The van der Waals surface area contributed by atoms with E-state index in [9.17, 15) is 0 Å². The first kappa shape index (κ1) is 10.6. The molecule has 1 unspecified atom stereocenters. The summed E-state index contributed by atoms with van der Waals surface area (Å²) in [4.78, 5) is 0. The molecule has 0 aromatic carbocycles. The normalized spacial score (nSPS) is 20.4. The maximum atomic E-state index is 5.64. The van der Waals surface area contributed by atoms with E-state index < -0.39 is 0 Å².